The molecule has 22 heavy (non-hydrogen) atoms. The molecular formula is C19H22N2O. The number of carbonyl (C=O) groups excluding carboxylic acids is 1. The number of benzene rings is 2. The van der Waals surface area contributed by atoms with Crippen molar-refractivity contribution in [3.63, 3.8) is 0 Å². The number of allylic oxidation sites excluding steroid dienone is 1. The number of ketones is 1. The summed E-state index contributed by atoms with van der Waals surface area (Å²) in [6.07, 6.45) is 3.49. The normalized spacial score (nSPS) is 10.7. The number of hydrogen-bond acceptors (Lipinski definition) is 3. The van der Waals surface area contributed by atoms with Crippen molar-refractivity contribution >= 4 is 23.2 Å². The van der Waals surface area contributed by atoms with Gasteiger partial charge in [0.1, 0.15) is 0 Å². The van der Waals surface area contributed by atoms with Crippen LogP contribution in [0.1, 0.15) is 15.9 Å². The lowest BCUT2D eigenvalue weighted by molar-refractivity contribution is 0.104. The summed E-state index contributed by atoms with van der Waals surface area (Å²) in [5.41, 5.74) is 3.70. The average Bonchev–Trinajstić information content (AvgIpc) is 2.52. The topological polar surface area (TPSA) is 23.6 Å². The maximum atomic E-state index is 12.6. The lowest BCUT2D eigenvalue weighted by Gasteiger charge is -2.24. The number of hydrogen-bond donors (Lipinski definition) is 0. The number of carbonyl (C=O) groups is 1. The van der Waals surface area contributed by atoms with Crippen molar-refractivity contribution in [3.8, 4) is 0 Å². The van der Waals surface area contributed by atoms with Crippen LogP contribution in [0, 0.1) is 0 Å². The van der Waals surface area contributed by atoms with Crippen molar-refractivity contribution in [3.05, 3.63) is 65.7 Å². The molecule has 0 atom stereocenters. The predicted molar refractivity (Wildman–Crippen MR) is 94.9 cm³/mol. The quantitative estimate of drug-likeness (QED) is 0.620. The van der Waals surface area contributed by atoms with Gasteiger partial charge in [0.05, 0.1) is 11.4 Å². The smallest absolute Gasteiger partial charge is 0.188 e. The summed E-state index contributed by atoms with van der Waals surface area (Å²) in [6, 6.07) is 15.7. The second-order valence-electron chi connectivity index (χ2n) is 5.57. The minimum absolute atomic E-state index is 0.0104. The Kier molecular flexibility index (Phi) is 4.99. The standard InChI is InChI=1S/C19H22N2O/c1-20(2)17-12-8-11-16(19(17)21(3)4)18(22)14-13-15-9-6-5-7-10-15/h5-14H,1-4H3. The fraction of sp³-hybridized carbons (Fsp3) is 0.211. The van der Waals surface area contributed by atoms with Gasteiger partial charge in [0, 0.05) is 33.8 Å². The largest absolute Gasteiger partial charge is 0.376 e. The fourth-order valence-corrected chi connectivity index (χ4v) is 2.39. The first-order valence-electron chi connectivity index (χ1n) is 7.26. The SMILES string of the molecule is CN(C)c1cccc(C(=O)C=Cc2ccccc2)c1N(C)C. The lowest BCUT2D eigenvalue weighted by Crippen LogP contribution is -2.19. The van der Waals surface area contributed by atoms with E-state index in [0.717, 1.165) is 16.9 Å². The summed E-state index contributed by atoms with van der Waals surface area (Å²) in [6.45, 7) is 0. The van der Waals surface area contributed by atoms with Crippen molar-refractivity contribution in [2.75, 3.05) is 38.0 Å². The van der Waals surface area contributed by atoms with Crippen LogP contribution in [0.4, 0.5) is 11.4 Å². The maximum Gasteiger partial charge on any atom is 0.188 e. The van der Waals surface area contributed by atoms with Gasteiger partial charge in [-0.3, -0.25) is 4.79 Å². The third kappa shape index (κ3) is 3.55. The van der Waals surface area contributed by atoms with Gasteiger partial charge in [-0.15, -0.1) is 0 Å². The molecule has 0 N–H and O–H groups in total. The second kappa shape index (κ2) is 6.94. The highest BCUT2D eigenvalue weighted by molar-refractivity contribution is 6.12. The van der Waals surface area contributed by atoms with Crippen LogP contribution in [0.3, 0.4) is 0 Å². The predicted octanol–water partition coefficient (Wildman–Crippen LogP) is 3.71. The molecule has 0 spiro atoms. The molecule has 0 radical (unpaired) electrons. The number of anilines is 2. The van der Waals surface area contributed by atoms with E-state index in [2.05, 4.69) is 0 Å². The van der Waals surface area contributed by atoms with E-state index >= 15 is 0 Å². The van der Waals surface area contributed by atoms with Gasteiger partial charge in [-0.05, 0) is 23.8 Å². The summed E-state index contributed by atoms with van der Waals surface area (Å²) >= 11 is 0. The second-order valence-corrected chi connectivity index (χ2v) is 5.57. The van der Waals surface area contributed by atoms with Crippen LogP contribution >= 0.6 is 0 Å². The highest BCUT2D eigenvalue weighted by Crippen LogP contribution is 2.31. The molecule has 0 aliphatic carbocycles. The van der Waals surface area contributed by atoms with E-state index in [1.54, 1.807) is 6.08 Å². The molecule has 0 amide bonds. The third-order valence-corrected chi connectivity index (χ3v) is 3.44. The van der Waals surface area contributed by atoms with Gasteiger partial charge in [0.25, 0.3) is 0 Å². The van der Waals surface area contributed by atoms with Crippen molar-refractivity contribution in [1.82, 2.24) is 0 Å². The van der Waals surface area contributed by atoms with Crippen molar-refractivity contribution < 1.29 is 4.79 Å². The molecule has 2 rings (SSSR count). The Morgan fingerprint density at radius 1 is 0.864 bits per heavy atom. The molecule has 0 aromatic heterocycles. The van der Waals surface area contributed by atoms with E-state index in [9.17, 15) is 4.79 Å². The molecule has 0 fully saturated rings. The van der Waals surface area contributed by atoms with Crippen LogP contribution in [-0.2, 0) is 0 Å². The molecule has 3 nitrogen and oxygen atoms in total. The van der Waals surface area contributed by atoms with E-state index in [1.165, 1.54) is 0 Å². The van der Waals surface area contributed by atoms with E-state index in [4.69, 9.17) is 0 Å². The molecule has 0 heterocycles. The van der Waals surface area contributed by atoms with E-state index in [1.807, 2.05) is 92.6 Å². The first-order chi connectivity index (χ1) is 10.5. The van der Waals surface area contributed by atoms with Gasteiger partial charge < -0.3 is 9.80 Å². The summed E-state index contributed by atoms with van der Waals surface area (Å²) < 4.78 is 0. The van der Waals surface area contributed by atoms with Crippen molar-refractivity contribution in [2.24, 2.45) is 0 Å². The zero-order valence-corrected chi connectivity index (χ0v) is 13.6. The summed E-state index contributed by atoms with van der Waals surface area (Å²) in [7, 11) is 7.88. The Hall–Kier alpha value is -2.55. The third-order valence-electron chi connectivity index (χ3n) is 3.44. The van der Waals surface area contributed by atoms with Gasteiger partial charge in [-0.1, -0.05) is 42.5 Å². The Morgan fingerprint density at radius 2 is 1.55 bits per heavy atom. The van der Waals surface area contributed by atoms with Crippen LogP contribution in [0.2, 0.25) is 0 Å². The zero-order valence-electron chi connectivity index (χ0n) is 13.6. The highest BCUT2D eigenvalue weighted by atomic mass is 16.1. The van der Waals surface area contributed by atoms with Crippen LogP contribution in [0.5, 0.6) is 0 Å². The van der Waals surface area contributed by atoms with Gasteiger partial charge in [-0.25, -0.2) is 0 Å². The van der Waals surface area contributed by atoms with Crippen LogP contribution in [0.25, 0.3) is 6.08 Å². The minimum Gasteiger partial charge on any atom is -0.376 e. The summed E-state index contributed by atoms with van der Waals surface area (Å²) in [5, 5.41) is 0. The molecule has 0 saturated heterocycles. The van der Waals surface area contributed by atoms with Crippen LogP contribution < -0.4 is 9.80 Å². The van der Waals surface area contributed by atoms with Gasteiger partial charge in [0.2, 0.25) is 0 Å². The van der Waals surface area contributed by atoms with E-state index in [-0.39, 0.29) is 5.78 Å². The number of rotatable bonds is 5. The Bertz CT molecular complexity index is 673. The Balaban J connectivity index is 2.37. The Labute approximate surface area is 132 Å². The molecular weight excluding hydrogens is 272 g/mol. The van der Waals surface area contributed by atoms with Crippen LogP contribution in [-0.4, -0.2) is 34.0 Å². The van der Waals surface area contributed by atoms with Crippen molar-refractivity contribution in [1.29, 1.82) is 0 Å². The molecule has 0 aliphatic rings. The number of nitrogens with zero attached hydrogens (tertiary/aromatic N) is 2. The highest BCUT2D eigenvalue weighted by Gasteiger charge is 2.15. The molecule has 0 unspecified atom stereocenters. The lowest BCUT2D eigenvalue weighted by atomic mass is 10.0. The first kappa shape index (κ1) is 15.8. The van der Waals surface area contributed by atoms with Gasteiger partial charge >= 0.3 is 0 Å². The summed E-state index contributed by atoms with van der Waals surface area (Å²) in [5.74, 6) is 0.0104. The molecule has 2 aromatic rings. The van der Waals surface area contributed by atoms with Gasteiger partial charge in [0.15, 0.2) is 5.78 Å². The van der Waals surface area contributed by atoms with Crippen LogP contribution in [0.15, 0.2) is 54.6 Å². The molecule has 2 aromatic carbocycles. The monoisotopic (exact) mass is 294 g/mol. The first-order valence-corrected chi connectivity index (χ1v) is 7.26. The zero-order chi connectivity index (χ0) is 16.1. The van der Waals surface area contributed by atoms with E-state index in [0.29, 0.717) is 5.56 Å². The molecule has 0 bridgehead atoms. The van der Waals surface area contributed by atoms with Gasteiger partial charge in [-0.2, -0.15) is 0 Å². The fourth-order valence-electron chi connectivity index (χ4n) is 2.39. The maximum absolute atomic E-state index is 12.6. The molecule has 114 valence electrons. The summed E-state index contributed by atoms with van der Waals surface area (Å²) in [4.78, 5) is 16.6. The molecule has 0 saturated carbocycles. The average molecular weight is 294 g/mol. The van der Waals surface area contributed by atoms with E-state index < -0.39 is 0 Å². The molecule has 3 heteroatoms. The number of para-hydroxylation sites is 1. The molecule has 0 aliphatic heterocycles. The Morgan fingerprint density at radius 3 is 2.14 bits per heavy atom. The van der Waals surface area contributed by atoms with Crippen molar-refractivity contribution in [2.45, 2.75) is 0 Å². The minimum atomic E-state index is 0.0104.